The van der Waals surface area contributed by atoms with Gasteiger partial charge in [0.1, 0.15) is 6.10 Å². The summed E-state index contributed by atoms with van der Waals surface area (Å²) < 4.78 is 1.67. The molecule has 3 heterocycles. The van der Waals surface area contributed by atoms with Gasteiger partial charge in [0.2, 0.25) is 0 Å². The molecule has 0 fully saturated rings. The van der Waals surface area contributed by atoms with E-state index in [0.717, 1.165) is 10.4 Å². The molecule has 17 heavy (non-hydrogen) atoms. The zero-order valence-corrected chi connectivity index (χ0v) is 10.2. The van der Waals surface area contributed by atoms with Gasteiger partial charge in [-0.1, -0.05) is 11.6 Å². The molecule has 0 saturated carbocycles. The lowest BCUT2D eigenvalue weighted by molar-refractivity contribution is 0.226. The third kappa shape index (κ3) is 1.72. The smallest absolute Gasteiger partial charge is 0.118 e. The van der Waals surface area contributed by atoms with Crippen LogP contribution in [0.4, 0.5) is 0 Å². The van der Waals surface area contributed by atoms with E-state index in [2.05, 4.69) is 10.1 Å². The molecule has 0 aromatic carbocycles. The Morgan fingerprint density at radius 2 is 2.29 bits per heavy atom. The predicted molar refractivity (Wildman–Crippen MR) is 66.4 cm³/mol. The Balaban J connectivity index is 2.13. The van der Waals surface area contributed by atoms with Gasteiger partial charge in [0.15, 0.2) is 0 Å². The molecule has 4 nitrogen and oxygen atoms in total. The zero-order chi connectivity index (χ0) is 11.8. The van der Waals surface area contributed by atoms with Gasteiger partial charge in [-0.3, -0.25) is 4.98 Å². The number of hydrogen-bond donors (Lipinski definition) is 1. The molecule has 0 spiro atoms. The van der Waals surface area contributed by atoms with E-state index in [9.17, 15) is 5.11 Å². The molecule has 3 aromatic heterocycles. The second-order valence-corrected chi connectivity index (χ2v) is 4.90. The second kappa shape index (κ2) is 4.10. The molecular weight excluding hydrogens is 258 g/mol. The van der Waals surface area contributed by atoms with Crippen molar-refractivity contribution in [2.45, 2.75) is 6.10 Å². The van der Waals surface area contributed by atoms with E-state index in [1.54, 1.807) is 35.4 Å². The number of aliphatic hydroxyl groups excluding tert-OH is 1. The van der Waals surface area contributed by atoms with Crippen molar-refractivity contribution in [1.82, 2.24) is 14.6 Å². The van der Waals surface area contributed by atoms with Gasteiger partial charge in [0.05, 0.1) is 27.8 Å². The maximum absolute atomic E-state index is 10.3. The number of hydrogen-bond acceptors (Lipinski definition) is 4. The lowest BCUT2D eigenvalue weighted by atomic mass is 10.1. The van der Waals surface area contributed by atoms with E-state index in [4.69, 9.17) is 11.6 Å². The Morgan fingerprint density at radius 1 is 1.41 bits per heavy atom. The van der Waals surface area contributed by atoms with Crippen LogP contribution in [0.3, 0.4) is 0 Å². The third-order valence-corrected chi connectivity index (χ3v) is 3.95. The molecule has 1 unspecified atom stereocenters. The largest absolute Gasteiger partial charge is 0.383 e. The molecule has 0 aliphatic heterocycles. The van der Waals surface area contributed by atoms with E-state index in [1.807, 2.05) is 5.38 Å². The van der Waals surface area contributed by atoms with Gasteiger partial charge in [0.25, 0.3) is 0 Å². The van der Waals surface area contributed by atoms with E-state index in [-0.39, 0.29) is 0 Å². The summed E-state index contributed by atoms with van der Waals surface area (Å²) >= 11 is 7.44. The molecule has 1 N–H and O–H groups in total. The van der Waals surface area contributed by atoms with E-state index < -0.39 is 6.10 Å². The third-order valence-electron chi connectivity index (χ3n) is 2.54. The Hall–Kier alpha value is -1.43. The molecule has 0 radical (unpaired) electrons. The SMILES string of the molecule is OC(c1sccc1Cl)c1cnn2ccncc12. The summed E-state index contributed by atoms with van der Waals surface area (Å²) in [5.41, 5.74) is 1.49. The highest BCUT2D eigenvalue weighted by atomic mass is 35.5. The number of aromatic nitrogens is 3. The Morgan fingerprint density at radius 3 is 3.06 bits per heavy atom. The maximum atomic E-state index is 10.3. The number of fused-ring (bicyclic) bond motifs is 1. The van der Waals surface area contributed by atoms with Crippen LogP contribution >= 0.6 is 22.9 Å². The van der Waals surface area contributed by atoms with Crippen molar-refractivity contribution in [2.24, 2.45) is 0 Å². The number of thiophene rings is 1. The minimum atomic E-state index is -0.760. The van der Waals surface area contributed by atoms with Crippen LogP contribution in [0, 0.1) is 0 Å². The number of aliphatic hydroxyl groups is 1. The van der Waals surface area contributed by atoms with Crippen molar-refractivity contribution in [1.29, 1.82) is 0 Å². The molecule has 3 aromatic rings. The second-order valence-electron chi connectivity index (χ2n) is 3.54. The summed E-state index contributed by atoms with van der Waals surface area (Å²) in [5, 5.41) is 16.9. The Kier molecular flexibility index (Phi) is 2.58. The topological polar surface area (TPSA) is 50.4 Å². The molecule has 3 rings (SSSR count). The fourth-order valence-electron chi connectivity index (χ4n) is 1.71. The Bertz CT molecular complexity index is 663. The van der Waals surface area contributed by atoms with E-state index >= 15 is 0 Å². The van der Waals surface area contributed by atoms with Crippen molar-refractivity contribution in [2.75, 3.05) is 0 Å². The number of rotatable bonds is 2. The molecule has 6 heteroatoms. The summed E-state index contributed by atoms with van der Waals surface area (Å²) in [7, 11) is 0. The van der Waals surface area contributed by atoms with Gasteiger partial charge in [-0.25, -0.2) is 4.52 Å². The fraction of sp³-hybridized carbons (Fsp3) is 0.0909. The van der Waals surface area contributed by atoms with Crippen molar-refractivity contribution < 1.29 is 5.11 Å². The number of halogens is 1. The first kappa shape index (κ1) is 10.7. The monoisotopic (exact) mass is 265 g/mol. The summed E-state index contributed by atoms with van der Waals surface area (Å²) in [5.74, 6) is 0. The Labute approximate surface area is 106 Å². The van der Waals surface area contributed by atoms with Crippen molar-refractivity contribution in [3.8, 4) is 0 Å². The van der Waals surface area contributed by atoms with Crippen molar-refractivity contribution in [3.63, 3.8) is 0 Å². The van der Waals surface area contributed by atoms with Gasteiger partial charge >= 0.3 is 0 Å². The average Bonchev–Trinajstić information content (AvgIpc) is 2.94. The first-order chi connectivity index (χ1) is 8.27. The van der Waals surface area contributed by atoms with E-state index in [0.29, 0.717) is 10.6 Å². The first-order valence-electron chi connectivity index (χ1n) is 4.95. The summed E-state index contributed by atoms with van der Waals surface area (Å²) in [6, 6.07) is 1.77. The summed E-state index contributed by atoms with van der Waals surface area (Å²) in [6.45, 7) is 0. The highest BCUT2D eigenvalue weighted by Gasteiger charge is 2.19. The van der Waals surface area contributed by atoms with Crippen LogP contribution in [0.25, 0.3) is 5.52 Å². The van der Waals surface area contributed by atoms with Gasteiger partial charge in [-0.05, 0) is 11.4 Å². The molecule has 0 bridgehead atoms. The molecule has 0 saturated heterocycles. The van der Waals surface area contributed by atoms with Crippen LogP contribution in [-0.4, -0.2) is 19.7 Å². The lowest BCUT2D eigenvalue weighted by Gasteiger charge is -2.07. The zero-order valence-electron chi connectivity index (χ0n) is 8.62. The van der Waals surface area contributed by atoms with Crippen LogP contribution in [-0.2, 0) is 0 Å². The normalized spacial score (nSPS) is 13.1. The molecule has 0 aliphatic carbocycles. The van der Waals surface area contributed by atoms with Crippen LogP contribution in [0.5, 0.6) is 0 Å². The van der Waals surface area contributed by atoms with Crippen molar-refractivity contribution in [3.05, 3.63) is 51.7 Å². The highest BCUT2D eigenvalue weighted by Crippen LogP contribution is 2.34. The molecule has 0 amide bonds. The van der Waals surface area contributed by atoms with Gasteiger partial charge < -0.3 is 5.11 Å². The van der Waals surface area contributed by atoms with Crippen molar-refractivity contribution >= 4 is 28.5 Å². The summed E-state index contributed by atoms with van der Waals surface area (Å²) in [6.07, 6.45) is 5.94. The molecule has 1 atom stereocenters. The van der Waals surface area contributed by atoms with Gasteiger partial charge in [-0.15, -0.1) is 11.3 Å². The summed E-state index contributed by atoms with van der Waals surface area (Å²) in [4.78, 5) is 4.76. The van der Waals surface area contributed by atoms with Crippen LogP contribution in [0.2, 0.25) is 5.02 Å². The minimum Gasteiger partial charge on any atom is -0.383 e. The lowest BCUT2D eigenvalue weighted by Crippen LogP contribution is -1.97. The fourth-order valence-corrected chi connectivity index (χ4v) is 2.87. The molecule has 0 aliphatic rings. The van der Waals surface area contributed by atoms with Gasteiger partial charge in [0, 0.05) is 18.0 Å². The molecular formula is C11H8ClN3OS. The highest BCUT2D eigenvalue weighted by molar-refractivity contribution is 7.10. The quantitative estimate of drug-likeness (QED) is 0.775. The van der Waals surface area contributed by atoms with Gasteiger partial charge in [-0.2, -0.15) is 5.10 Å². The first-order valence-corrected chi connectivity index (χ1v) is 6.21. The molecule has 86 valence electrons. The average molecular weight is 266 g/mol. The maximum Gasteiger partial charge on any atom is 0.118 e. The van der Waals surface area contributed by atoms with E-state index in [1.165, 1.54) is 11.3 Å². The minimum absolute atomic E-state index is 0.575. The standard InChI is InChI=1S/C11H8ClN3OS/c12-8-1-4-17-11(8)10(16)7-5-14-15-3-2-13-6-9(7)15/h1-6,10,16H. The van der Waals surface area contributed by atoms with Crippen LogP contribution in [0.15, 0.2) is 36.2 Å². The van der Waals surface area contributed by atoms with Crippen LogP contribution in [0.1, 0.15) is 16.5 Å². The van der Waals surface area contributed by atoms with Crippen LogP contribution < -0.4 is 0 Å². The number of nitrogens with zero attached hydrogens (tertiary/aromatic N) is 3. The predicted octanol–water partition coefficient (Wildman–Crippen LogP) is 2.53.